The fraction of sp³-hybridized carbons (Fsp3) is 0.389. The molecule has 0 N–H and O–H groups in total. The second kappa shape index (κ2) is 8.11. The van der Waals surface area contributed by atoms with E-state index in [4.69, 9.17) is 21.7 Å². The quantitative estimate of drug-likeness (QED) is 0.601. The first-order valence-electron chi connectivity index (χ1n) is 7.81. The van der Waals surface area contributed by atoms with E-state index in [-0.39, 0.29) is 17.5 Å². The van der Waals surface area contributed by atoms with Gasteiger partial charge in [0, 0.05) is 17.8 Å². The topological polar surface area (TPSA) is 62.6 Å². The molecule has 0 radical (unpaired) electrons. The van der Waals surface area contributed by atoms with Crippen LogP contribution in [0.3, 0.4) is 0 Å². The van der Waals surface area contributed by atoms with Gasteiger partial charge in [-0.2, -0.15) is 0 Å². The molecule has 1 heterocycles. The molecule has 7 heteroatoms. The first kappa shape index (κ1) is 18.9. The molecule has 0 aliphatic carbocycles. The zero-order valence-corrected chi connectivity index (χ0v) is 15.6. The number of nitrogens with zero attached hydrogens (tertiary/aromatic N) is 2. The third-order valence-electron chi connectivity index (χ3n) is 3.60. The molecule has 1 aromatic heterocycles. The molecule has 0 spiro atoms. The monoisotopic (exact) mass is 362 g/mol. The summed E-state index contributed by atoms with van der Waals surface area (Å²) in [6, 6.07) is 6.76. The summed E-state index contributed by atoms with van der Waals surface area (Å²) in [7, 11) is 1.35. The van der Waals surface area contributed by atoms with Crippen LogP contribution in [0, 0.1) is 5.41 Å². The van der Waals surface area contributed by atoms with Gasteiger partial charge >= 0.3 is 5.97 Å². The van der Waals surface area contributed by atoms with Crippen molar-refractivity contribution in [2.45, 2.75) is 26.9 Å². The molecule has 0 amide bonds. The van der Waals surface area contributed by atoms with Crippen molar-refractivity contribution in [1.29, 1.82) is 0 Å². The summed E-state index contributed by atoms with van der Waals surface area (Å²) in [5.74, 6) is 0.257. The highest BCUT2D eigenvalue weighted by Crippen LogP contribution is 2.24. The molecule has 0 aliphatic heterocycles. The minimum Gasteiger partial charge on any atom is -0.490 e. The first-order chi connectivity index (χ1) is 11.8. The van der Waals surface area contributed by atoms with Gasteiger partial charge in [0.2, 0.25) is 0 Å². The minimum atomic E-state index is -0.381. The van der Waals surface area contributed by atoms with Crippen LogP contribution in [0.1, 0.15) is 31.1 Å². The minimum absolute atomic E-state index is 0.184. The number of methoxy groups -OCH3 is 1. The fourth-order valence-corrected chi connectivity index (χ4v) is 2.21. The van der Waals surface area contributed by atoms with Gasteiger partial charge in [-0.3, -0.25) is 4.57 Å². The second-order valence-electron chi connectivity index (χ2n) is 6.54. The molecular formula is C18H22N2O4S. The summed E-state index contributed by atoms with van der Waals surface area (Å²) >= 11 is 5.30. The maximum Gasteiger partial charge on any atom is 0.337 e. The van der Waals surface area contributed by atoms with Crippen LogP contribution in [0.5, 0.6) is 5.75 Å². The SMILES string of the molecule is COC(=O)c1ccc(OCC(OC(=S)n2ccnc2)C(C)(C)C)cc1. The van der Waals surface area contributed by atoms with Crippen molar-refractivity contribution in [3.63, 3.8) is 0 Å². The largest absolute Gasteiger partial charge is 0.490 e. The van der Waals surface area contributed by atoms with Crippen LogP contribution in [0.15, 0.2) is 43.0 Å². The van der Waals surface area contributed by atoms with Crippen molar-refractivity contribution in [2.24, 2.45) is 5.41 Å². The predicted molar refractivity (Wildman–Crippen MR) is 97.8 cm³/mol. The lowest BCUT2D eigenvalue weighted by molar-refractivity contribution is 0.0321. The lowest BCUT2D eigenvalue weighted by Crippen LogP contribution is -2.37. The standard InChI is InChI=1S/C18H22N2O4S/c1-18(2,3)15(24-17(25)20-10-9-19-12-20)11-23-14-7-5-13(6-8-14)16(21)22-4/h5-10,12,15H,11H2,1-4H3. The molecule has 2 rings (SSSR count). The Kier molecular flexibility index (Phi) is 6.14. The maximum atomic E-state index is 11.5. The van der Waals surface area contributed by atoms with Crippen LogP contribution in [0.2, 0.25) is 0 Å². The van der Waals surface area contributed by atoms with Gasteiger partial charge in [-0.05, 0) is 36.5 Å². The number of hydrogen-bond acceptors (Lipinski definition) is 6. The predicted octanol–water partition coefficient (Wildman–Crippen LogP) is 3.31. The summed E-state index contributed by atoms with van der Waals surface area (Å²) < 4.78 is 18.1. The molecule has 0 saturated heterocycles. The normalized spacial score (nSPS) is 12.3. The number of rotatable bonds is 5. The number of thiocarbonyl (C=S) groups is 1. The van der Waals surface area contributed by atoms with Crippen molar-refractivity contribution in [1.82, 2.24) is 9.55 Å². The zero-order valence-electron chi connectivity index (χ0n) is 14.8. The number of carbonyl (C=O) groups is 1. The van der Waals surface area contributed by atoms with E-state index in [2.05, 4.69) is 30.5 Å². The Morgan fingerprint density at radius 3 is 2.48 bits per heavy atom. The van der Waals surface area contributed by atoms with Gasteiger partial charge in [0.1, 0.15) is 24.8 Å². The Hall–Kier alpha value is -2.41. The Labute approximate surface area is 152 Å². The number of aromatic nitrogens is 2. The van der Waals surface area contributed by atoms with Gasteiger partial charge in [0.15, 0.2) is 0 Å². The summed E-state index contributed by atoms with van der Waals surface area (Å²) in [5.41, 5.74) is 0.288. The van der Waals surface area contributed by atoms with E-state index in [1.807, 2.05) is 0 Å². The Morgan fingerprint density at radius 2 is 1.96 bits per heavy atom. The number of carbonyl (C=O) groups excluding carboxylic acids is 1. The fourth-order valence-electron chi connectivity index (χ4n) is 1.99. The molecule has 2 aromatic rings. The van der Waals surface area contributed by atoms with Gasteiger partial charge in [-0.15, -0.1) is 0 Å². The summed E-state index contributed by atoms with van der Waals surface area (Å²) in [5, 5.41) is 0.321. The summed E-state index contributed by atoms with van der Waals surface area (Å²) in [6.07, 6.45) is 4.70. The van der Waals surface area contributed by atoms with Gasteiger partial charge in [-0.1, -0.05) is 20.8 Å². The van der Waals surface area contributed by atoms with E-state index in [1.165, 1.54) is 7.11 Å². The van der Waals surface area contributed by atoms with E-state index in [0.717, 1.165) is 0 Å². The van der Waals surface area contributed by atoms with Gasteiger partial charge in [-0.25, -0.2) is 9.78 Å². The molecule has 0 saturated carbocycles. The molecule has 134 valence electrons. The number of esters is 1. The molecule has 6 nitrogen and oxygen atoms in total. The number of ether oxygens (including phenoxy) is 3. The van der Waals surface area contributed by atoms with Crippen LogP contribution in [0.4, 0.5) is 0 Å². The molecule has 0 aliphatic rings. The van der Waals surface area contributed by atoms with Gasteiger partial charge in [0.25, 0.3) is 5.17 Å². The van der Waals surface area contributed by atoms with Crippen LogP contribution < -0.4 is 4.74 Å². The molecule has 1 atom stereocenters. The van der Waals surface area contributed by atoms with Crippen LogP contribution >= 0.6 is 12.2 Å². The van der Waals surface area contributed by atoms with E-state index < -0.39 is 0 Å². The molecule has 1 aromatic carbocycles. The van der Waals surface area contributed by atoms with Gasteiger partial charge in [0.05, 0.1) is 12.7 Å². The summed E-state index contributed by atoms with van der Waals surface area (Å²) in [4.78, 5) is 15.4. The lowest BCUT2D eigenvalue weighted by Gasteiger charge is -2.31. The lowest BCUT2D eigenvalue weighted by atomic mass is 9.89. The average molecular weight is 362 g/mol. The van der Waals surface area contributed by atoms with Crippen molar-refractivity contribution >= 4 is 23.4 Å². The zero-order chi connectivity index (χ0) is 18.4. The summed E-state index contributed by atoms with van der Waals surface area (Å²) in [6.45, 7) is 6.48. The number of hydrogen-bond donors (Lipinski definition) is 0. The molecule has 25 heavy (non-hydrogen) atoms. The van der Waals surface area contributed by atoms with Crippen molar-refractivity contribution in [3.8, 4) is 5.75 Å². The molecule has 0 bridgehead atoms. The smallest absolute Gasteiger partial charge is 0.337 e. The molecular weight excluding hydrogens is 340 g/mol. The highest BCUT2D eigenvalue weighted by molar-refractivity contribution is 7.80. The second-order valence-corrected chi connectivity index (χ2v) is 6.88. The highest BCUT2D eigenvalue weighted by Gasteiger charge is 2.28. The van der Waals surface area contributed by atoms with E-state index in [1.54, 1.807) is 47.6 Å². The van der Waals surface area contributed by atoms with E-state index >= 15 is 0 Å². The maximum absolute atomic E-state index is 11.5. The van der Waals surface area contributed by atoms with Crippen LogP contribution in [0.25, 0.3) is 0 Å². The molecule has 1 unspecified atom stereocenters. The Morgan fingerprint density at radius 1 is 1.28 bits per heavy atom. The molecule has 0 fully saturated rings. The van der Waals surface area contributed by atoms with Crippen molar-refractivity contribution in [2.75, 3.05) is 13.7 Å². The van der Waals surface area contributed by atoms with Crippen molar-refractivity contribution in [3.05, 3.63) is 48.5 Å². The Balaban J connectivity index is 2.00. The average Bonchev–Trinajstić information content (AvgIpc) is 3.12. The number of imidazole rings is 1. The van der Waals surface area contributed by atoms with E-state index in [0.29, 0.717) is 23.1 Å². The van der Waals surface area contributed by atoms with E-state index in [9.17, 15) is 4.79 Å². The van der Waals surface area contributed by atoms with Crippen LogP contribution in [-0.4, -0.2) is 40.5 Å². The highest BCUT2D eigenvalue weighted by atomic mass is 32.1. The first-order valence-corrected chi connectivity index (χ1v) is 8.22. The third kappa shape index (κ3) is 5.29. The Bertz CT molecular complexity index is 706. The van der Waals surface area contributed by atoms with Crippen LogP contribution in [-0.2, 0) is 9.47 Å². The van der Waals surface area contributed by atoms with Crippen molar-refractivity contribution < 1.29 is 19.0 Å². The van der Waals surface area contributed by atoms with Gasteiger partial charge < -0.3 is 14.2 Å². The number of benzene rings is 1. The third-order valence-corrected chi connectivity index (χ3v) is 3.91.